The SMILES string of the molecule is COc1ccc2c(Nc3ccc(N4CCCC4)cc3)cc(C)nc2c1. The van der Waals surface area contributed by atoms with E-state index in [1.807, 2.05) is 19.1 Å². The Morgan fingerprint density at radius 2 is 1.76 bits per heavy atom. The van der Waals surface area contributed by atoms with Crippen LogP contribution < -0.4 is 15.0 Å². The maximum atomic E-state index is 5.32. The van der Waals surface area contributed by atoms with Gasteiger partial charge in [0, 0.05) is 47.3 Å². The van der Waals surface area contributed by atoms with Gasteiger partial charge >= 0.3 is 0 Å². The van der Waals surface area contributed by atoms with Crippen molar-refractivity contribution in [1.82, 2.24) is 4.98 Å². The van der Waals surface area contributed by atoms with Crippen LogP contribution in [0.2, 0.25) is 0 Å². The second-order valence-electron chi connectivity index (χ2n) is 6.56. The highest BCUT2D eigenvalue weighted by Gasteiger charge is 2.12. The van der Waals surface area contributed by atoms with Crippen LogP contribution in [0, 0.1) is 6.92 Å². The van der Waals surface area contributed by atoms with Crippen LogP contribution in [0.25, 0.3) is 10.9 Å². The number of aryl methyl sites for hydroxylation is 1. The largest absolute Gasteiger partial charge is 0.497 e. The quantitative estimate of drug-likeness (QED) is 0.737. The number of nitrogens with zero attached hydrogens (tertiary/aromatic N) is 2. The van der Waals surface area contributed by atoms with Gasteiger partial charge in [-0.25, -0.2) is 0 Å². The molecule has 1 fully saturated rings. The van der Waals surface area contributed by atoms with Gasteiger partial charge in [0.05, 0.1) is 12.6 Å². The van der Waals surface area contributed by atoms with E-state index in [9.17, 15) is 0 Å². The fourth-order valence-corrected chi connectivity index (χ4v) is 3.46. The molecule has 0 radical (unpaired) electrons. The average molecular weight is 333 g/mol. The second kappa shape index (κ2) is 6.63. The minimum atomic E-state index is 0.825. The van der Waals surface area contributed by atoms with Gasteiger partial charge in [0.1, 0.15) is 5.75 Å². The molecule has 1 aromatic heterocycles. The van der Waals surface area contributed by atoms with E-state index in [0.717, 1.165) is 33.7 Å². The van der Waals surface area contributed by atoms with Crippen LogP contribution in [0.5, 0.6) is 5.75 Å². The van der Waals surface area contributed by atoms with Crippen molar-refractivity contribution in [3.63, 3.8) is 0 Å². The Kier molecular flexibility index (Phi) is 4.18. The van der Waals surface area contributed by atoms with Crippen LogP contribution in [0.3, 0.4) is 0 Å². The molecule has 1 saturated heterocycles. The number of pyridine rings is 1. The van der Waals surface area contributed by atoms with Gasteiger partial charge in [0.25, 0.3) is 0 Å². The van der Waals surface area contributed by atoms with Gasteiger partial charge in [-0.05, 0) is 62.2 Å². The molecule has 0 spiro atoms. The molecule has 2 heterocycles. The van der Waals surface area contributed by atoms with Crippen molar-refractivity contribution >= 4 is 28.0 Å². The number of ether oxygens (including phenoxy) is 1. The third-order valence-electron chi connectivity index (χ3n) is 4.76. The molecule has 0 atom stereocenters. The van der Waals surface area contributed by atoms with Crippen LogP contribution in [0.15, 0.2) is 48.5 Å². The summed E-state index contributed by atoms with van der Waals surface area (Å²) in [6, 6.07) is 16.8. The first-order valence-electron chi connectivity index (χ1n) is 8.80. The summed E-state index contributed by atoms with van der Waals surface area (Å²) in [6.07, 6.45) is 2.59. The highest BCUT2D eigenvalue weighted by atomic mass is 16.5. The lowest BCUT2D eigenvalue weighted by molar-refractivity contribution is 0.415. The van der Waals surface area contributed by atoms with E-state index in [4.69, 9.17) is 4.74 Å². The molecule has 25 heavy (non-hydrogen) atoms. The van der Waals surface area contributed by atoms with Gasteiger partial charge in [-0.15, -0.1) is 0 Å². The molecule has 1 N–H and O–H groups in total. The Morgan fingerprint density at radius 1 is 1.00 bits per heavy atom. The van der Waals surface area contributed by atoms with Crippen molar-refractivity contribution < 1.29 is 4.74 Å². The summed E-state index contributed by atoms with van der Waals surface area (Å²) in [5.41, 5.74) is 5.39. The van der Waals surface area contributed by atoms with E-state index >= 15 is 0 Å². The molecule has 0 saturated carbocycles. The Bertz CT molecular complexity index is 884. The van der Waals surface area contributed by atoms with Crippen LogP contribution in [0.1, 0.15) is 18.5 Å². The van der Waals surface area contributed by atoms with E-state index in [0.29, 0.717) is 0 Å². The third-order valence-corrected chi connectivity index (χ3v) is 4.76. The minimum absolute atomic E-state index is 0.825. The summed E-state index contributed by atoms with van der Waals surface area (Å²) in [5, 5.41) is 4.64. The topological polar surface area (TPSA) is 37.4 Å². The number of aromatic nitrogens is 1. The first-order valence-corrected chi connectivity index (χ1v) is 8.80. The number of rotatable bonds is 4. The summed E-state index contributed by atoms with van der Waals surface area (Å²) < 4.78 is 5.32. The van der Waals surface area contributed by atoms with Gasteiger partial charge in [-0.2, -0.15) is 0 Å². The van der Waals surface area contributed by atoms with E-state index in [-0.39, 0.29) is 0 Å². The summed E-state index contributed by atoms with van der Waals surface area (Å²) >= 11 is 0. The second-order valence-corrected chi connectivity index (χ2v) is 6.56. The summed E-state index contributed by atoms with van der Waals surface area (Å²) in [7, 11) is 1.68. The molecular weight excluding hydrogens is 310 g/mol. The summed E-state index contributed by atoms with van der Waals surface area (Å²) in [4.78, 5) is 7.07. The van der Waals surface area contributed by atoms with Crippen LogP contribution in [0.4, 0.5) is 17.1 Å². The molecule has 0 amide bonds. The number of benzene rings is 2. The zero-order valence-electron chi connectivity index (χ0n) is 14.7. The van der Waals surface area contributed by atoms with Gasteiger partial charge < -0.3 is 15.0 Å². The molecule has 4 heteroatoms. The predicted molar refractivity (Wildman–Crippen MR) is 104 cm³/mol. The van der Waals surface area contributed by atoms with E-state index in [1.165, 1.54) is 31.6 Å². The first-order chi connectivity index (χ1) is 12.2. The van der Waals surface area contributed by atoms with Crippen LogP contribution in [-0.4, -0.2) is 25.2 Å². The Hall–Kier alpha value is -2.75. The Labute approximate surface area is 148 Å². The summed E-state index contributed by atoms with van der Waals surface area (Å²) in [6.45, 7) is 4.35. The van der Waals surface area contributed by atoms with Gasteiger partial charge in [-0.1, -0.05) is 0 Å². The number of anilines is 3. The predicted octanol–water partition coefficient (Wildman–Crippen LogP) is 4.90. The molecule has 0 aliphatic carbocycles. The zero-order chi connectivity index (χ0) is 17.2. The minimum Gasteiger partial charge on any atom is -0.497 e. The molecule has 1 aliphatic rings. The average Bonchev–Trinajstić information content (AvgIpc) is 3.16. The van der Waals surface area contributed by atoms with Crippen LogP contribution >= 0.6 is 0 Å². The maximum absolute atomic E-state index is 5.32. The molecule has 0 bridgehead atoms. The first kappa shape index (κ1) is 15.8. The van der Waals surface area contributed by atoms with Crippen LogP contribution in [-0.2, 0) is 0 Å². The smallest absolute Gasteiger partial charge is 0.121 e. The van der Waals surface area contributed by atoms with E-state index in [1.54, 1.807) is 7.11 Å². The standard InChI is InChI=1S/C21H23N3O/c1-15-13-20(19-10-9-18(25-2)14-21(19)22-15)23-16-5-7-17(8-6-16)24-11-3-4-12-24/h5-10,13-14H,3-4,11-12H2,1-2H3,(H,22,23). The third kappa shape index (κ3) is 3.25. The highest BCUT2D eigenvalue weighted by Crippen LogP contribution is 2.30. The van der Waals surface area contributed by atoms with Crippen molar-refractivity contribution in [1.29, 1.82) is 0 Å². The summed E-state index contributed by atoms with van der Waals surface area (Å²) in [5.74, 6) is 0.825. The Balaban J connectivity index is 1.63. The molecule has 128 valence electrons. The van der Waals surface area contributed by atoms with Crippen molar-refractivity contribution in [2.75, 3.05) is 30.4 Å². The number of hydrogen-bond donors (Lipinski definition) is 1. The molecule has 2 aromatic carbocycles. The van der Waals surface area contributed by atoms with E-state index < -0.39 is 0 Å². The lowest BCUT2D eigenvalue weighted by Gasteiger charge is -2.18. The Morgan fingerprint density at radius 3 is 2.48 bits per heavy atom. The number of methoxy groups -OCH3 is 1. The molecular formula is C21H23N3O. The number of fused-ring (bicyclic) bond motifs is 1. The van der Waals surface area contributed by atoms with Crippen molar-refractivity contribution in [3.05, 3.63) is 54.2 Å². The normalized spacial score (nSPS) is 14.1. The molecule has 4 nitrogen and oxygen atoms in total. The van der Waals surface area contributed by atoms with E-state index in [2.05, 4.69) is 51.6 Å². The molecule has 0 unspecified atom stereocenters. The molecule has 4 rings (SSSR count). The fourth-order valence-electron chi connectivity index (χ4n) is 3.46. The zero-order valence-corrected chi connectivity index (χ0v) is 14.7. The van der Waals surface area contributed by atoms with Gasteiger partial charge in [-0.3, -0.25) is 4.98 Å². The molecule has 3 aromatic rings. The monoisotopic (exact) mass is 333 g/mol. The lowest BCUT2D eigenvalue weighted by Crippen LogP contribution is -2.17. The van der Waals surface area contributed by atoms with Crippen molar-refractivity contribution in [2.24, 2.45) is 0 Å². The van der Waals surface area contributed by atoms with Crippen molar-refractivity contribution in [3.8, 4) is 5.75 Å². The number of hydrogen-bond acceptors (Lipinski definition) is 4. The maximum Gasteiger partial charge on any atom is 0.121 e. The van der Waals surface area contributed by atoms with Crippen molar-refractivity contribution in [2.45, 2.75) is 19.8 Å². The van der Waals surface area contributed by atoms with Gasteiger partial charge in [0.15, 0.2) is 0 Å². The molecule has 1 aliphatic heterocycles. The number of nitrogens with one attached hydrogen (secondary N) is 1. The highest BCUT2D eigenvalue weighted by molar-refractivity contribution is 5.94. The fraction of sp³-hybridized carbons (Fsp3) is 0.286. The lowest BCUT2D eigenvalue weighted by atomic mass is 10.1. The van der Waals surface area contributed by atoms with Gasteiger partial charge in [0.2, 0.25) is 0 Å².